The molecule has 0 fully saturated rings. The Morgan fingerprint density at radius 3 is 2.43 bits per heavy atom. The molecule has 0 aliphatic heterocycles. The van der Waals surface area contributed by atoms with Crippen LogP contribution in [0.3, 0.4) is 0 Å². The van der Waals surface area contributed by atoms with E-state index in [4.69, 9.17) is 32.4 Å². The monoisotopic (exact) mass is 440 g/mol. The number of aromatic nitrogens is 1. The minimum atomic E-state index is -0.278. The second-order valence-electron chi connectivity index (χ2n) is 6.84. The van der Waals surface area contributed by atoms with Crippen LogP contribution in [0.2, 0.25) is 10.0 Å². The smallest absolute Gasteiger partial charge is 0.251 e. The van der Waals surface area contributed by atoms with E-state index >= 15 is 0 Å². The predicted octanol–water partition coefficient (Wildman–Crippen LogP) is 6.05. The van der Waals surface area contributed by atoms with E-state index < -0.39 is 0 Å². The molecule has 0 aliphatic rings. The molecule has 7 heteroatoms. The van der Waals surface area contributed by atoms with Crippen molar-refractivity contribution in [3.63, 3.8) is 0 Å². The highest BCUT2D eigenvalue weighted by atomic mass is 35.5. The lowest BCUT2D eigenvalue weighted by molar-refractivity contribution is 0.0951. The molecule has 1 aromatic heterocycles. The molecule has 4 rings (SSSR count). The van der Waals surface area contributed by atoms with Gasteiger partial charge in [-0.2, -0.15) is 0 Å². The minimum absolute atomic E-state index is 0.278. The Hall–Kier alpha value is -3.02. The van der Waals surface area contributed by atoms with Crippen LogP contribution < -0.4 is 10.1 Å². The third-order valence-corrected chi connectivity index (χ3v) is 5.22. The number of nitrogens with one attached hydrogen (secondary N) is 1. The van der Waals surface area contributed by atoms with Gasteiger partial charge in [0, 0.05) is 17.7 Å². The van der Waals surface area contributed by atoms with E-state index in [0.717, 1.165) is 27.8 Å². The highest BCUT2D eigenvalue weighted by Crippen LogP contribution is 2.33. The van der Waals surface area contributed by atoms with E-state index in [-0.39, 0.29) is 16.0 Å². The number of hydrogen-bond acceptors (Lipinski definition) is 4. The number of methoxy groups -OCH3 is 1. The number of carbonyl (C=O) groups excluding carboxylic acids is 1. The minimum Gasteiger partial charge on any atom is -0.494 e. The number of hydrogen-bond donors (Lipinski definition) is 1. The number of halogens is 2. The molecule has 0 aliphatic carbocycles. The Bertz CT molecular complexity index is 1210. The third-order valence-electron chi connectivity index (χ3n) is 4.66. The quantitative estimate of drug-likeness (QED) is 0.410. The SMILES string of the molecule is COc1c(Cl)cc(C(=O)NCc2ccc(-c3nc4ccc(C)cc4o3)cc2)cc1Cl. The molecular weight excluding hydrogens is 423 g/mol. The Morgan fingerprint density at radius 2 is 1.77 bits per heavy atom. The van der Waals surface area contributed by atoms with Crippen molar-refractivity contribution in [1.82, 2.24) is 10.3 Å². The standard InChI is InChI=1S/C23H18Cl2N2O3/c1-13-3-8-19-20(9-13)30-23(27-19)15-6-4-14(5-7-15)12-26-22(28)16-10-17(24)21(29-2)18(25)11-16/h3-11H,12H2,1-2H3,(H,26,28). The normalized spacial score (nSPS) is 10.9. The fourth-order valence-electron chi connectivity index (χ4n) is 3.09. The molecule has 0 unspecified atom stereocenters. The van der Waals surface area contributed by atoms with Crippen molar-refractivity contribution < 1.29 is 13.9 Å². The van der Waals surface area contributed by atoms with Gasteiger partial charge in [0.15, 0.2) is 11.3 Å². The maximum atomic E-state index is 12.4. The molecule has 4 aromatic rings. The summed E-state index contributed by atoms with van der Waals surface area (Å²) >= 11 is 12.2. The molecule has 0 saturated heterocycles. The van der Waals surface area contributed by atoms with Gasteiger partial charge in [-0.1, -0.05) is 41.4 Å². The molecule has 1 heterocycles. The van der Waals surface area contributed by atoms with Crippen LogP contribution in [0.5, 0.6) is 5.75 Å². The van der Waals surface area contributed by atoms with Gasteiger partial charge in [-0.05, 0) is 54.4 Å². The van der Waals surface area contributed by atoms with E-state index in [2.05, 4.69) is 10.3 Å². The van der Waals surface area contributed by atoms with Gasteiger partial charge >= 0.3 is 0 Å². The van der Waals surface area contributed by atoms with Gasteiger partial charge in [-0.3, -0.25) is 4.79 Å². The maximum Gasteiger partial charge on any atom is 0.251 e. The first-order valence-electron chi connectivity index (χ1n) is 9.22. The first kappa shape index (κ1) is 20.3. The van der Waals surface area contributed by atoms with E-state index in [0.29, 0.717) is 23.7 Å². The van der Waals surface area contributed by atoms with E-state index in [9.17, 15) is 4.79 Å². The van der Waals surface area contributed by atoms with Gasteiger partial charge < -0.3 is 14.5 Å². The van der Waals surface area contributed by atoms with E-state index in [1.165, 1.54) is 19.2 Å². The summed E-state index contributed by atoms with van der Waals surface area (Å²) in [7, 11) is 1.47. The summed E-state index contributed by atoms with van der Waals surface area (Å²) in [5.74, 6) is 0.633. The average molecular weight is 441 g/mol. The van der Waals surface area contributed by atoms with Crippen LogP contribution in [0, 0.1) is 6.92 Å². The van der Waals surface area contributed by atoms with Gasteiger partial charge in [0.05, 0.1) is 17.2 Å². The molecule has 152 valence electrons. The fourth-order valence-corrected chi connectivity index (χ4v) is 3.73. The second kappa shape index (κ2) is 8.38. The van der Waals surface area contributed by atoms with Crippen LogP contribution in [-0.4, -0.2) is 18.0 Å². The molecule has 1 N–H and O–H groups in total. The topological polar surface area (TPSA) is 64.4 Å². The Morgan fingerprint density at radius 1 is 1.07 bits per heavy atom. The molecule has 0 radical (unpaired) electrons. The second-order valence-corrected chi connectivity index (χ2v) is 7.66. The van der Waals surface area contributed by atoms with Gasteiger partial charge in [-0.25, -0.2) is 4.98 Å². The van der Waals surface area contributed by atoms with Gasteiger partial charge in [0.1, 0.15) is 5.52 Å². The molecule has 0 spiro atoms. The van der Waals surface area contributed by atoms with Crippen molar-refractivity contribution >= 4 is 40.2 Å². The lowest BCUT2D eigenvalue weighted by Gasteiger charge is -2.10. The van der Waals surface area contributed by atoms with Crippen molar-refractivity contribution in [1.29, 1.82) is 0 Å². The number of nitrogens with zero attached hydrogens (tertiary/aromatic N) is 1. The van der Waals surface area contributed by atoms with Gasteiger partial charge in [-0.15, -0.1) is 0 Å². The first-order chi connectivity index (χ1) is 14.4. The van der Waals surface area contributed by atoms with Crippen molar-refractivity contribution in [2.75, 3.05) is 7.11 Å². The zero-order chi connectivity index (χ0) is 21.3. The molecule has 0 atom stereocenters. The first-order valence-corrected chi connectivity index (χ1v) is 9.98. The summed E-state index contributed by atoms with van der Waals surface area (Å²) in [6.45, 7) is 2.37. The van der Waals surface area contributed by atoms with E-state index in [1.807, 2.05) is 49.4 Å². The van der Waals surface area contributed by atoms with Crippen LogP contribution in [0.4, 0.5) is 0 Å². The molecule has 0 bridgehead atoms. The summed E-state index contributed by atoms with van der Waals surface area (Å²) in [5.41, 5.74) is 4.87. The predicted molar refractivity (Wildman–Crippen MR) is 118 cm³/mol. The van der Waals surface area contributed by atoms with Gasteiger partial charge in [0.2, 0.25) is 5.89 Å². The molecule has 30 heavy (non-hydrogen) atoms. The zero-order valence-corrected chi connectivity index (χ0v) is 17.8. The molecular formula is C23H18Cl2N2O3. The Labute approximate surface area is 183 Å². The van der Waals surface area contributed by atoms with Crippen LogP contribution in [0.1, 0.15) is 21.5 Å². The number of aryl methyl sites for hydroxylation is 1. The van der Waals surface area contributed by atoms with Crippen molar-refractivity contribution in [3.05, 3.63) is 81.3 Å². The van der Waals surface area contributed by atoms with E-state index in [1.54, 1.807) is 0 Å². The van der Waals surface area contributed by atoms with Crippen LogP contribution in [0.25, 0.3) is 22.6 Å². The van der Waals surface area contributed by atoms with Crippen molar-refractivity contribution in [2.45, 2.75) is 13.5 Å². The zero-order valence-electron chi connectivity index (χ0n) is 16.3. The number of ether oxygens (including phenoxy) is 1. The van der Waals surface area contributed by atoms with Crippen molar-refractivity contribution in [3.8, 4) is 17.2 Å². The maximum absolute atomic E-state index is 12.4. The summed E-state index contributed by atoms with van der Waals surface area (Å²) in [6.07, 6.45) is 0. The molecule has 5 nitrogen and oxygen atoms in total. The molecule has 1 amide bonds. The summed E-state index contributed by atoms with van der Waals surface area (Å²) in [4.78, 5) is 17.0. The highest BCUT2D eigenvalue weighted by molar-refractivity contribution is 6.37. The average Bonchev–Trinajstić information content (AvgIpc) is 3.15. The number of benzene rings is 3. The van der Waals surface area contributed by atoms with Crippen LogP contribution in [0.15, 0.2) is 59.0 Å². The fraction of sp³-hybridized carbons (Fsp3) is 0.130. The van der Waals surface area contributed by atoms with Crippen molar-refractivity contribution in [2.24, 2.45) is 0 Å². The summed E-state index contributed by atoms with van der Waals surface area (Å²) in [5, 5.41) is 3.43. The number of carbonyl (C=O) groups is 1. The Balaban J connectivity index is 1.45. The highest BCUT2D eigenvalue weighted by Gasteiger charge is 2.14. The third kappa shape index (κ3) is 4.13. The number of fused-ring (bicyclic) bond motifs is 1. The lowest BCUT2D eigenvalue weighted by Crippen LogP contribution is -2.22. The molecule has 3 aromatic carbocycles. The number of rotatable bonds is 5. The lowest BCUT2D eigenvalue weighted by atomic mass is 10.1. The summed E-state index contributed by atoms with van der Waals surface area (Å²) < 4.78 is 11.0. The summed E-state index contributed by atoms with van der Waals surface area (Å²) in [6, 6.07) is 16.6. The molecule has 0 saturated carbocycles. The largest absolute Gasteiger partial charge is 0.494 e. The number of amides is 1. The van der Waals surface area contributed by atoms with Crippen LogP contribution >= 0.6 is 23.2 Å². The van der Waals surface area contributed by atoms with Gasteiger partial charge in [0.25, 0.3) is 5.91 Å². The van der Waals surface area contributed by atoms with Crippen LogP contribution in [-0.2, 0) is 6.54 Å². The number of oxazole rings is 1. The Kier molecular flexibility index (Phi) is 5.66.